The Morgan fingerprint density at radius 3 is 2.37 bits per heavy atom. The van der Waals surface area contributed by atoms with Crippen molar-refractivity contribution in [3.63, 3.8) is 0 Å². The highest BCUT2D eigenvalue weighted by Crippen LogP contribution is 2.23. The second-order valence-electron chi connectivity index (χ2n) is 4.86. The number of carbonyl (C=O) groups excluding carboxylic acids is 1. The third-order valence-electron chi connectivity index (χ3n) is 3.26. The summed E-state index contributed by atoms with van der Waals surface area (Å²) in [5.41, 5.74) is 0.842. The molecule has 1 heterocycles. The maximum absolute atomic E-state index is 13.0. The van der Waals surface area contributed by atoms with Gasteiger partial charge in [-0.2, -0.15) is 11.8 Å². The van der Waals surface area contributed by atoms with Crippen LogP contribution in [-0.4, -0.2) is 54.4 Å². The van der Waals surface area contributed by atoms with E-state index in [2.05, 4.69) is 0 Å². The Bertz CT molecular complexity index is 430. The van der Waals surface area contributed by atoms with Gasteiger partial charge in [-0.3, -0.25) is 9.69 Å². The Hall–Kier alpha value is -1.07. The summed E-state index contributed by atoms with van der Waals surface area (Å²) < 4.78 is 13.0. The molecule has 1 aliphatic heterocycles. The molecule has 19 heavy (non-hydrogen) atoms. The summed E-state index contributed by atoms with van der Waals surface area (Å²) in [7, 11) is 3.76. The highest BCUT2D eigenvalue weighted by molar-refractivity contribution is 7.99. The van der Waals surface area contributed by atoms with E-state index >= 15 is 0 Å². The van der Waals surface area contributed by atoms with Crippen molar-refractivity contribution < 1.29 is 9.18 Å². The Kier molecular flexibility index (Phi) is 4.82. The van der Waals surface area contributed by atoms with Crippen LogP contribution in [0.2, 0.25) is 0 Å². The Morgan fingerprint density at radius 2 is 1.84 bits per heavy atom. The molecule has 5 heteroatoms. The fourth-order valence-electron chi connectivity index (χ4n) is 2.26. The van der Waals surface area contributed by atoms with Gasteiger partial charge in [0, 0.05) is 24.6 Å². The van der Waals surface area contributed by atoms with Gasteiger partial charge >= 0.3 is 0 Å². The molecule has 1 fully saturated rings. The van der Waals surface area contributed by atoms with E-state index < -0.39 is 0 Å². The van der Waals surface area contributed by atoms with Crippen LogP contribution in [0, 0.1) is 5.82 Å². The zero-order chi connectivity index (χ0) is 13.8. The summed E-state index contributed by atoms with van der Waals surface area (Å²) in [6.45, 7) is 1.60. The number of benzene rings is 1. The lowest BCUT2D eigenvalue weighted by atomic mass is 10.0. The molecule has 0 unspecified atom stereocenters. The van der Waals surface area contributed by atoms with Gasteiger partial charge in [-0.25, -0.2) is 4.39 Å². The molecule has 0 aromatic heterocycles. The van der Waals surface area contributed by atoms with Gasteiger partial charge < -0.3 is 4.90 Å². The van der Waals surface area contributed by atoms with Crippen molar-refractivity contribution in [2.45, 2.75) is 6.04 Å². The lowest BCUT2D eigenvalue weighted by Gasteiger charge is -2.33. The number of hydrogen-bond donors (Lipinski definition) is 0. The minimum atomic E-state index is -0.330. The van der Waals surface area contributed by atoms with Crippen LogP contribution in [0.25, 0.3) is 0 Å². The van der Waals surface area contributed by atoms with Crippen molar-refractivity contribution in [3.05, 3.63) is 35.6 Å². The normalized spacial score (nSPS) is 17.6. The zero-order valence-corrected chi connectivity index (χ0v) is 12.1. The average molecular weight is 282 g/mol. The number of halogens is 1. The molecule has 2 rings (SSSR count). The third-order valence-corrected chi connectivity index (χ3v) is 4.20. The van der Waals surface area contributed by atoms with E-state index in [-0.39, 0.29) is 17.8 Å². The van der Waals surface area contributed by atoms with Gasteiger partial charge in [-0.1, -0.05) is 12.1 Å². The lowest BCUT2D eigenvalue weighted by molar-refractivity contribution is -0.136. The first-order valence-corrected chi connectivity index (χ1v) is 7.53. The van der Waals surface area contributed by atoms with Gasteiger partial charge in [0.25, 0.3) is 0 Å². The van der Waals surface area contributed by atoms with Gasteiger partial charge in [0.15, 0.2) is 0 Å². The van der Waals surface area contributed by atoms with Crippen molar-refractivity contribution in [1.82, 2.24) is 9.80 Å². The van der Waals surface area contributed by atoms with Crippen LogP contribution in [0.15, 0.2) is 24.3 Å². The molecule has 1 aromatic carbocycles. The quantitative estimate of drug-likeness (QED) is 0.847. The van der Waals surface area contributed by atoms with E-state index in [9.17, 15) is 9.18 Å². The van der Waals surface area contributed by atoms with E-state index in [1.54, 1.807) is 12.1 Å². The molecule has 1 amide bonds. The SMILES string of the molecule is CN(C)[C@@H](C(=O)N1CCSCC1)c1ccc(F)cc1. The van der Waals surface area contributed by atoms with E-state index in [4.69, 9.17) is 0 Å². The van der Waals surface area contributed by atoms with E-state index in [1.165, 1.54) is 12.1 Å². The molecule has 104 valence electrons. The molecular weight excluding hydrogens is 263 g/mol. The first kappa shape index (κ1) is 14.3. The molecule has 0 spiro atoms. The second kappa shape index (κ2) is 6.39. The fraction of sp³-hybridized carbons (Fsp3) is 0.500. The molecule has 0 saturated carbocycles. The molecule has 0 bridgehead atoms. The number of amides is 1. The highest BCUT2D eigenvalue weighted by atomic mass is 32.2. The topological polar surface area (TPSA) is 23.6 Å². The molecule has 1 aromatic rings. The summed E-state index contributed by atoms with van der Waals surface area (Å²) in [5, 5.41) is 0. The Labute approximate surface area is 117 Å². The van der Waals surface area contributed by atoms with Crippen molar-refractivity contribution in [1.29, 1.82) is 0 Å². The minimum absolute atomic E-state index is 0.108. The Morgan fingerprint density at radius 1 is 1.26 bits per heavy atom. The fourth-order valence-corrected chi connectivity index (χ4v) is 3.17. The van der Waals surface area contributed by atoms with Crippen LogP contribution < -0.4 is 0 Å². The van der Waals surface area contributed by atoms with E-state index in [0.717, 1.165) is 30.2 Å². The predicted molar refractivity (Wildman–Crippen MR) is 76.7 cm³/mol. The molecule has 3 nitrogen and oxygen atoms in total. The van der Waals surface area contributed by atoms with Gasteiger partial charge in [-0.15, -0.1) is 0 Å². The van der Waals surface area contributed by atoms with Crippen LogP contribution in [0.4, 0.5) is 4.39 Å². The van der Waals surface area contributed by atoms with E-state index in [1.807, 2.05) is 35.7 Å². The molecule has 1 aliphatic rings. The van der Waals surface area contributed by atoms with E-state index in [0.29, 0.717) is 0 Å². The largest absolute Gasteiger partial charge is 0.339 e. The van der Waals surface area contributed by atoms with Gasteiger partial charge in [0.2, 0.25) is 5.91 Å². The monoisotopic (exact) mass is 282 g/mol. The minimum Gasteiger partial charge on any atom is -0.339 e. The summed E-state index contributed by atoms with van der Waals surface area (Å²) in [6, 6.07) is 5.87. The number of hydrogen-bond acceptors (Lipinski definition) is 3. The van der Waals surface area contributed by atoms with Crippen LogP contribution in [0.3, 0.4) is 0 Å². The molecule has 0 aliphatic carbocycles. The number of nitrogens with zero attached hydrogens (tertiary/aromatic N) is 2. The van der Waals surface area contributed by atoms with Crippen LogP contribution >= 0.6 is 11.8 Å². The first-order valence-electron chi connectivity index (χ1n) is 6.38. The van der Waals surface area contributed by atoms with Crippen LogP contribution in [-0.2, 0) is 4.79 Å². The predicted octanol–water partition coefficient (Wildman–Crippen LogP) is 2.00. The standard InChI is InChI=1S/C14H19FN2OS/c1-16(2)13(11-3-5-12(15)6-4-11)14(18)17-7-9-19-10-8-17/h3-6,13H,7-10H2,1-2H3/t13-/m1/s1. The van der Waals surface area contributed by atoms with Gasteiger partial charge in [-0.05, 0) is 31.8 Å². The molecule has 0 N–H and O–H groups in total. The van der Waals surface area contributed by atoms with Crippen molar-refractivity contribution >= 4 is 17.7 Å². The first-order chi connectivity index (χ1) is 9.09. The molecule has 1 atom stereocenters. The summed E-state index contributed by atoms with van der Waals surface area (Å²) in [4.78, 5) is 16.4. The summed E-state index contributed by atoms with van der Waals surface area (Å²) in [5.74, 6) is 1.82. The summed E-state index contributed by atoms with van der Waals surface area (Å²) in [6.07, 6.45) is 0. The molecular formula is C14H19FN2OS. The summed E-state index contributed by atoms with van der Waals surface area (Å²) >= 11 is 1.88. The average Bonchev–Trinajstić information content (AvgIpc) is 2.42. The van der Waals surface area contributed by atoms with Crippen LogP contribution in [0.1, 0.15) is 11.6 Å². The number of rotatable bonds is 3. The van der Waals surface area contributed by atoms with Gasteiger partial charge in [0.05, 0.1) is 0 Å². The lowest BCUT2D eigenvalue weighted by Crippen LogP contribution is -2.44. The molecule has 0 radical (unpaired) electrons. The van der Waals surface area contributed by atoms with Crippen LogP contribution in [0.5, 0.6) is 0 Å². The van der Waals surface area contributed by atoms with Crippen molar-refractivity contribution in [2.24, 2.45) is 0 Å². The second-order valence-corrected chi connectivity index (χ2v) is 6.08. The Balaban J connectivity index is 2.19. The third kappa shape index (κ3) is 3.48. The maximum atomic E-state index is 13.0. The zero-order valence-electron chi connectivity index (χ0n) is 11.3. The number of carbonyl (C=O) groups is 1. The maximum Gasteiger partial charge on any atom is 0.244 e. The number of likely N-dealkylation sites (N-methyl/N-ethyl adjacent to an activating group) is 1. The van der Waals surface area contributed by atoms with Crippen molar-refractivity contribution in [3.8, 4) is 0 Å². The highest BCUT2D eigenvalue weighted by Gasteiger charge is 2.28. The van der Waals surface area contributed by atoms with Gasteiger partial charge in [0.1, 0.15) is 11.9 Å². The number of thioether (sulfide) groups is 1. The smallest absolute Gasteiger partial charge is 0.244 e. The molecule has 1 saturated heterocycles. The van der Waals surface area contributed by atoms with Crippen molar-refractivity contribution in [2.75, 3.05) is 38.7 Å².